The Balaban J connectivity index is 3.93. The molecule has 0 saturated heterocycles. The van der Waals surface area contributed by atoms with Gasteiger partial charge in [0.15, 0.2) is 0 Å². The average Bonchev–Trinajstić information content (AvgIpc) is 3.04. The number of nitrogens with zero attached hydrogens (tertiary/aromatic N) is 2. The van der Waals surface area contributed by atoms with Gasteiger partial charge in [0, 0.05) is 12.8 Å². The molecular weight excluding hydrogens is 564 g/mol. The van der Waals surface area contributed by atoms with Crippen LogP contribution in [0.15, 0.2) is 0 Å². The summed E-state index contributed by atoms with van der Waals surface area (Å²) in [6.07, 6.45) is 41.9. The zero-order chi connectivity index (χ0) is 33.9. The minimum atomic E-state index is 0.298. The number of rotatable bonds is 39. The van der Waals surface area contributed by atoms with Crippen molar-refractivity contribution >= 4 is 0 Å². The van der Waals surface area contributed by atoms with Gasteiger partial charge in [-0.15, -0.1) is 0 Å². The van der Waals surface area contributed by atoms with Crippen molar-refractivity contribution in [3.05, 3.63) is 0 Å². The summed E-state index contributed by atoms with van der Waals surface area (Å²) in [5.41, 5.74) is 0. The summed E-state index contributed by atoms with van der Waals surface area (Å²) in [5, 5.41) is 19.6. The van der Waals surface area contributed by atoms with Crippen LogP contribution in [0.3, 0.4) is 0 Å². The number of likely N-dealkylation sites (N-methyl/N-ethyl adjacent to an activating group) is 2. The molecule has 0 aliphatic carbocycles. The van der Waals surface area contributed by atoms with Crippen LogP contribution in [-0.4, -0.2) is 85.8 Å². The first-order valence-electron chi connectivity index (χ1n) is 21.3. The van der Waals surface area contributed by atoms with Crippen molar-refractivity contribution in [3.63, 3.8) is 0 Å². The van der Waals surface area contributed by atoms with Crippen molar-refractivity contribution in [2.45, 2.75) is 206 Å². The van der Waals surface area contributed by atoms with E-state index in [1.54, 1.807) is 0 Å². The van der Waals surface area contributed by atoms with Crippen molar-refractivity contribution in [2.24, 2.45) is 0 Å². The average molecular weight is 655 g/mol. The Morgan fingerprint density at radius 3 is 0.630 bits per heavy atom. The Hall–Kier alpha value is -0.160. The topological polar surface area (TPSA) is 40.5 Å². The predicted octanol–water partition coefficient (Wildman–Crippen LogP) is 11.6. The van der Waals surface area contributed by atoms with Crippen LogP contribution in [0.5, 0.6) is 0 Å². The fourth-order valence-electron chi connectivity index (χ4n) is 7.52. The molecule has 0 heterocycles. The van der Waals surface area contributed by atoms with Gasteiger partial charge in [0.25, 0.3) is 0 Å². The first-order chi connectivity index (χ1) is 22.4. The summed E-state index contributed by atoms with van der Waals surface area (Å²) in [5.74, 6) is 0. The van der Waals surface area contributed by atoms with Crippen molar-refractivity contribution in [1.29, 1.82) is 0 Å². The van der Waals surface area contributed by atoms with Crippen molar-refractivity contribution in [3.8, 4) is 0 Å². The highest BCUT2D eigenvalue weighted by atomic mass is 16.3. The number of hydrogen-bond donors (Lipinski definition) is 2. The maximum Gasteiger partial charge on any atom is 0.102 e. The highest BCUT2D eigenvalue weighted by molar-refractivity contribution is 4.53. The molecule has 0 rings (SSSR count). The minimum Gasteiger partial charge on any atom is -0.391 e. The van der Waals surface area contributed by atoms with Gasteiger partial charge in [-0.3, -0.25) is 0 Å². The Bertz CT molecular complexity index is 538. The lowest BCUT2D eigenvalue weighted by atomic mass is 10.0. The first-order valence-corrected chi connectivity index (χ1v) is 21.3. The third-order valence-electron chi connectivity index (χ3n) is 11.0. The number of unbranched alkanes of at least 4 members (excludes halogenated alkanes) is 27. The van der Waals surface area contributed by atoms with Gasteiger partial charge in [0.1, 0.15) is 13.1 Å². The van der Waals surface area contributed by atoms with E-state index < -0.39 is 0 Å². The van der Waals surface area contributed by atoms with Crippen LogP contribution in [-0.2, 0) is 0 Å². The second-order valence-corrected chi connectivity index (χ2v) is 15.9. The predicted molar refractivity (Wildman–Crippen MR) is 206 cm³/mol. The van der Waals surface area contributed by atoms with E-state index in [0.29, 0.717) is 13.2 Å². The van der Waals surface area contributed by atoms with Crippen LogP contribution < -0.4 is 0 Å². The van der Waals surface area contributed by atoms with E-state index in [1.807, 2.05) is 0 Å². The molecule has 4 heteroatoms. The van der Waals surface area contributed by atoms with Crippen LogP contribution in [0.4, 0.5) is 0 Å². The summed E-state index contributed by atoms with van der Waals surface area (Å²) in [6, 6.07) is 0. The summed E-state index contributed by atoms with van der Waals surface area (Å²) in [6.45, 7) is 11.7. The highest BCUT2D eigenvalue weighted by Crippen LogP contribution is 2.17. The fraction of sp³-hybridized carbons (Fsp3) is 1.00. The zero-order valence-electron chi connectivity index (χ0n) is 32.7. The molecule has 0 spiro atoms. The highest BCUT2D eigenvalue weighted by Gasteiger charge is 2.23. The van der Waals surface area contributed by atoms with Crippen molar-refractivity contribution in [1.82, 2.24) is 0 Å². The van der Waals surface area contributed by atoms with E-state index in [9.17, 15) is 10.2 Å². The number of hydrogen-bond acceptors (Lipinski definition) is 2. The Morgan fingerprint density at radius 1 is 0.261 bits per heavy atom. The lowest BCUT2D eigenvalue weighted by Crippen LogP contribution is -2.49. The number of aliphatic hydroxyl groups excluding tert-OH is 2. The molecule has 4 nitrogen and oxygen atoms in total. The van der Waals surface area contributed by atoms with Gasteiger partial charge in [-0.25, -0.2) is 0 Å². The molecule has 0 bridgehead atoms. The lowest BCUT2D eigenvalue weighted by Gasteiger charge is -2.36. The molecule has 0 aliphatic heterocycles. The van der Waals surface area contributed by atoms with Crippen LogP contribution in [0.25, 0.3) is 0 Å². The molecule has 0 amide bonds. The second-order valence-electron chi connectivity index (χ2n) is 15.9. The van der Waals surface area contributed by atoms with Gasteiger partial charge >= 0.3 is 0 Å². The molecule has 2 unspecified atom stereocenters. The van der Waals surface area contributed by atoms with Crippen LogP contribution in [0.1, 0.15) is 206 Å². The Kier molecular flexibility index (Phi) is 34.6. The van der Waals surface area contributed by atoms with Crippen LogP contribution >= 0.6 is 0 Å². The van der Waals surface area contributed by atoms with E-state index in [2.05, 4.69) is 27.9 Å². The van der Waals surface area contributed by atoms with Crippen LogP contribution in [0, 0.1) is 0 Å². The maximum absolute atomic E-state index is 9.78. The number of quaternary nitrogens is 2. The Labute approximate surface area is 291 Å². The summed E-state index contributed by atoms with van der Waals surface area (Å²) < 4.78 is 2.05. The van der Waals surface area contributed by atoms with Crippen LogP contribution in [0.2, 0.25) is 0 Å². The number of aliphatic hydroxyl groups is 2. The molecule has 0 saturated carbocycles. The van der Waals surface area contributed by atoms with Gasteiger partial charge < -0.3 is 19.2 Å². The minimum absolute atomic E-state index is 0.298. The first kappa shape index (κ1) is 45.8. The van der Waals surface area contributed by atoms with Gasteiger partial charge in [-0.1, -0.05) is 168 Å². The molecule has 0 aromatic rings. The molecule has 46 heavy (non-hydrogen) atoms. The zero-order valence-corrected chi connectivity index (χ0v) is 32.7. The molecule has 0 radical (unpaired) electrons. The van der Waals surface area contributed by atoms with E-state index in [0.717, 1.165) is 22.1 Å². The molecule has 278 valence electrons. The molecule has 0 fully saturated rings. The second kappa shape index (κ2) is 34.7. The molecule has 0 aromatic carbocycles. The van der Waals surface area contributed by atoms with E-state index in [-0.39, 0.29) is 0 Å². The standard InChI is InChI=1S/C42H90N2O2/c1-5-7-9-11-13-15-17-19-21-23-25-27-29-31-35-43(3,39-41-45)37-33-34-38-44(4,40-42-46)36-32-30-28-26-24-22-20-18-16-14-12-10-8-6-2/h45-46H,5-42H2,1-4H3/q+2. The third-order valence-corrected chi connectivity index (χ3v) is 11.0. The summed E-state index contributed by atoms with van der Waals surface area (Å²) >= 11 is 0. The van der Waals surface area contributed by atoms with Gasteiger partial charge in [-0.05, 0) is 25.7 Å². The Morgan fingerprint density at radius 2 is 0.435 bits per heavy atom. The molecule has 0 aliphatic rings. The van der Waals surface area contributed by atoms with Gasteiger partial charge in [0.05, 0.1) is 53.5 Å². The summed E-state index contributed by atoms with van der Waals surface area (Å²) in [4.78, 5) is 0. The molecule has 0 aromatic heterocycles. The largest absolute Gasteiger partial charge is 0.391 e. The fourth-order valence-corrected chi connectivity index (χ4v) is 7.52. The summed E-state index contributed by atoms with van der Waals surface area (Å²) in [7, 11) is 4.74. The van der Waals surface area contributed by atoms with Gasteiger partial charge in [0.2, 0.25) is 0 Å². The van der Waals surface area contributed by atoms with E-state index in [1.165, 1.54) is 219 Å². The third kappa shape index (κ3) is 31.1. The van der Waals surface area contributed by atoms with E-state index in [4.69, 9.17) is 0 Å². The normalized spacial score (nSPS) is 14.5. The van der Waals surface area contributed by atoms with E-state index >= 15 is 0 Å². The molecule has 2 N–H and O–H groups in total. The lowest BCUT2D eigenvalue weighted by molar-refractivity contribution is -0.916. The van der Waals surface area contributed by atoms with Gasteiger partial charge in [-0.2, -0.15) is 0 Å². The maximum atomic E-state index is 9.78. The quantitative estimate of drug-likeness (QED) is 0.0511. The SMILES string of the molecule is CCCCCCCCCCCCCCCC[N+](C)(CCO)CCCC[N+](C)(CCO)CCCCCCCCCCCCCCCC. The molecular formula is C42H90N2O2+2. The van der Waals surface area contributed by atoms with Crippen molar-refractivity contribution < 1.29 is 19.2 Å². The van der Waals surface area contributed by atoms with Crippen molar-refractivity contribution in [2.75, 3.05) is 66.6 Å². The smallest absolute Gasteiger partial charge is 0.102 e. The molecule has 2 atom stereocenters. The monoisotopic (exact) mass is 655 g/mol.